The van der Waals surface area contributed by atoms with Crippen molar-refractivity contribution < 1.29 is 22.4 Å². The molecule has 0 bridgehead atoms. The van der Waals surface area contributed by atoms with Crippen LogP contribution in [0.15, 0.2) is 18.2 Å². The molecule has 0 heterocycles. The van der Waals surface area contributed by atoms with E-state index in [0.29, 0.717) is 30.7 Å². The predicted octanol–water partition coefficient (Wildman–Crippen LogP) is 3.33. The molecule has 1 aliphatic rings. The van der Waals surface area contributed by atoms with E-state index in [-0.39, 0.29) is 6.54 Å². The normalized spacial score (nSPS) is 14.6. The molecule has 0 saturated heterocycles. The van der Waals surface area contributed by atoms with E-state index in [9.17, 15) is 22.4 Å². The van der Waals surface area contributed by atoms with Crippen LogP contribution < -0.4 is 0 Å². The number of alkyl halides is 3. The monoisotopic (exact) mass is 299 g/mol. The molecule has 0 atom stereocenters. The van der Waals surface area contributed by atoms with E-state index in [1.807, 2.05) is 0 Å². The van der Waals surface area contributed by atoms with E-state index < -0.39 is 29.0 Å². The van der Waals surface area contributed by atoms with E-state index in [2.05, 4.69) is 5.92 Å². The Kier molecular flexibility index (Phi) is 4.21. The topological polar surface area (TPSA) is 20.3 Å². The summed E-state index contributed by atoms with van der Waals surface area (Å²) >= 11 is 0. The molecule has 21 heavy (non-hydrogen) atoms. The van der Waals surface area contributed by atoms with Gasteiger partial charge in [0.1, 0.15) is 5.82 Å². The molecule has 1 aromatic rings. The summed E-state index contributed by atoms with van der Waals surface area (Å²) < 4.78 is 51.7. The molecule has 6 heteroatoms. The van der Waals surface area contributed by atoms with Gasteiger partial charge in [-0.25, -0.2) is 4.39 Å². The molecule has 2 rings (SSSR count). The van der Waals surface area contributed by atoms with Gasteiger partial charge in [0, 0.05) is 6.54 Å². The summed E-state index contributed by atoms with van der Waals surface area (Å²) in [5.41, 5.74) is -1.65. The van der Waals surface area contributed by atoms with E-state index in [1.54, 1.807) is 0 Å². The maximum absolute atomic E-state index is 13.7. The van der Waals surface area contributed by atoms with Gasteiger partial charge in [-0.1, -0.05) is 5.92 Å². The Bertz CT molecular complexity index is 584. The van der Waals surface area contributed by atoms with Crippen LogP contribution in [0.25, 0.3) is 0 Å². The molecule has 1 amide bonds. The third-order valence-electron chi connectivity index (χ3n) is 3.27. The smallest absolute Gasteiger partial charge is 0.327 e. The quantitative estimate of drug-likeness (QED) is 0.617. The Morgan fingerprint density at radius 2 is 2.05 bits per heavy atom. The zero-order valence-corrected chi connectivity index (χ0v) is 11.1. The number of carbonyl (C=O) groups excluding carboxylic acids is 1. The van der Waals surface area contributed by atoms with E-state index in [4.69, 9.17) is 6.42 Å². The minimum absolute atomic E-state index is 0.0506. The fourth-order valence-electron chi connectivity index (χ4n) is 1.98. The highest BCUT2D eigenvalue weighted by atomic mass is 19.4. The number of amides is 1. The summed E-state index contributed by atoms with van der Waals surface area (Å²) in [6.07, 6.45) is 2.42. The lowest BCUT2D eigenvalue weighted by Crippen LogP contribution is -2.34. The third kappa shape index (κ3) is 3.75. The lowest BCUT2D eigenvalue weighted by Gasteiger charge is -2.21. The van der Waals surface area contributed by atoms with Crippen LogP contribution in [0, 0.1) is 24.1 Å². The van der Waals surface area contributed by atoms with E-state index in [0.717, 1.165) is 12.8 Å². The Morgan fingerprint density at radius 3 is 2.57 bits per heavy atom. The molecule has 112 valence electrons. The van der Waals surface area contributed by atoms with Crippen molar-refractivity contribution in [2.75, 3.05) is 13.1 Å². The van der Waals surface area contributed by atoms with Crippen molar-refractivity contribution in [3.8, 4) is 12.3 Å². The number of nitrogens with zero attached hydrogens (tertiary/aromatic N) is 1. The van der Waals surface area contributed by atoms with Crippen LogP contribution in [-0.2, 0) is 6.18 Å². The lowest BCUT2D eigenvalue weighted by atomic mass is 10.1. The summed E-state index contributed by atoms with van der Waals surface area (Å²) in [5.74, 6) is 0.795. The van der Waals surface area contributed by atoms with Crippen LogP contribution in [0.2, 0.25) is 0 Å². The Balaban J connectivity index is 2.29. The number of halogens is 4. The molecule has 0 aromatic heterocycles. The lowest BCUT2D eigenvalue weighted by molar-refractivity contribution is -0.137. The van der Waals surface area contributed by atoms with Gasteiger partial charge in [-0.05, 0) is 37.0 Å². The van der Waals surface area contributed by atoms with Gasteiger partial charge in [0.25, 0.3) is 5.91 Å². The molecular weight excluding hydrogens is 286 g/mol. The number of benzene rings is 1. The zero-order chi connectivity index (χ0) is 15.6. The molecule has 1 aromatic carbocycles. The maximum Gasteiger partial charge on any atom is 0.416 e. The fourth-order valence-corrected chi connectivity index (χ4v) is 1.98. The Hall–Kier alpha value is -2.03. The summed E-state index contributed by atoms with van der Waals surface area (Å²) in [6.45, 7) is 0.295. The number of hydrogen-bond acceptors (Lipinski definition) is 1. The summed E-state index contributed by atoms with van der Waals surface area (Å²) in [6, 6.07) is 1.80. The van der Waals surface area contributed by atoms with Crippen molar-refractivity contribution in [1.82, 2.24) is 4.90 Å². The van der Waals surface area contributed by atoms with Gasteiger partial charge in [0.15, 0.2) is 0 Å². The number of hydrogen-bond donors (Lipinski definition) is 0. The predicted molar refractivity (Wildman–Crippen MR) is 68.9 cm³/mol. The summed E-state index contributed by atoms with van der Waals surface area (Å²) in [5, 5.41) is 0. The first kappa shape index (κ1) is 15.4. The minimum Gasteiger partial charge on any atom is -0.327 e. The third-order valence-corrected chi connectivity index (χ3v) is 3.27. The van der Waals surface area contributed by atoms with Crippen molar-refractivity contribution in [1.29, 1.82) is 0 Å². The van der Waals surface area contributed by atoms with Crippen LogP contribution in [0.1, 0.15) is 28.8 Å². The standard InChI is InChI=1S/C15H13F4NO/c1-2-7-20(9-10-3-4-10)14(21)12-8-11(15(17,18)19)5-6-13(12)16/h1,5-6,8,10H,3-4,7,9H2. The van der Waals surface area contributed by atoms with Crippen LogP contribution in [0.5, 0.6) is 0 Å². The molecule has 0 radical (unpaired) electrons. The van der Waals surface area contributed by atoms with Crippen LogP contribution in [0.3, 0.4) is 0 Å². The van der Waals surface area contributed by atoms with Crippen LogP contribution in [-0.4, -0.2) is 23.9 Å². The van der Waals surface area contributed by atoms with Crippen molar-refractivity contribution in [2.45, 2.75) is 19.0 Å². The second-order valence-electron chi connectivity index (χ2n) is 5.03. The van der Waals surface area contributed by atoms with Crippen LogP contribution in [0.4, 0.5) is 17.6 Å². The van der Waals surface area contributed by atoms with Crippen molar-refractivity contribution in [3.05, 3.63) is 35.1 Å². The number of terminal acetylenes is 1. The molecule has 2 nitrogen and oxygen atoms in total. The fraction of sp³-hybridized carbons (Fsp3) is 0.400. The first-order valence-corrected chi connectivity index (χ1v) is 6.42. The van der Waals surface area contributed by atoms with E-state index >= 15 is 0 Å². The largest absolute Gasteiger partial charge is 0.416 e. The molecule has 0 N–H and O–H groups in total. The average molecular weight is 299 g/mol. The summed E-state index contributed by atoms with van der Waals surface area (Å²) in [4.78, 5) is 13.4. The van der Waals surface area contributed by atoms with Gasteiger partial charge >= 0.3 is 6.18 Å². The SMILES string of the molecule is C#CCN(CC1CC1)C(=O)c1cc(C(F)(F)F)ccc1F. The second-order valence-corrected chi connectivity index (χ2v) is 5.03. The maximum atomic E-state index is 13.7. The number of rotatable bonds is 4. The van der Waals surface area contributed by atoms with Gasteiger partial charge in [-0.3, -0.25) is 4.79 Å². The molecule has 0 aliphatic heterocycles. The van der Waals surface area contributed by atoms with Gasteiger partial charge in [-0.15, -0.1) is 6.42 Å². The second kappa shape index (κ2) is 5.76. The number of carbonyl (C=O) groups is 1. The van der Waals surface area contributed by atoms with E-state index in [1.165, 1.54) is 4.90 Å². The Morgan fingerprint density at radius 1 is 1.38 bits per heavy atom. The van der Waals surface area contributed by atoms with Crippen molar-refractivity contribution in [2.24, 2.45) is 5.92 Å². The minimum atomic E-state index is -4.63. The molecule has 0 unspecified atom stereocenters. The molecule has 1 saturated carbocycles. The molecule has 1 fully saturated rings. The highest BCUT2D eigenvalue weighted by Crippen LogP contribution is 2.32. The van der Waals surface area contributed by atoms with Gasteiger partial charge < -0.3 is 4.90 Å². The average Bonchev–Trinajstić information content (AvgIpc) is 3.20. The van der Waals surface area contributed by atoms with Crippen molar-refractivity contribution >= 4 is 5.91 Å². The van der Waals surface area contributed by atoms with Crippen molar-refractivity contribution in [3.63, 3.8) is 0 Å². The first-order chi connectivity index (χ1) is 9.82. The van der Waals surface area contributed by atoms with Gasteiger partial charge in [0.05, 0.1) is 17.7 Å². The van der Waals surface area contributed by atoms with Gasteiger partial charge in [0.2, 0.25) is 0 Å². The molecular formula is C15H13F4NO. The molecule has 1 aliphatic carbocycles. The highest BCUT2D eigenvalue weighted by molar-refractivity contribution is 5.95. The highest BCUT2D eigenvalue weighted by Gasteiger charge is 2.33. The zero-order valence-electron chi connectivity index (χ0n) is 11.1. The van der Waals surface area contributed by atoms with Gasteiger partial charge in [-0.2, -0.15) is 13.2 Å². The molecule has 0 spiro atoms. The summed E-state index contributed by atoms with van der Waals surface area (Å²) in [7, 11) is 0. The first-order valence-electron chi connectivity index (χ1n) is 6.42. The Labute approximate surface area is 119 Å². The van der Waals surface area contributed by atoms with Crippen LogP contribution >= 0.6 is 0 Å².